The molecular formula is C64H40N6. The van der Waals surface area contributed by atoms with Crippen molar-refractivity contribution in [1.29, 1.82) is 21.0 Å². The molecule has 0 atom stereocenters. The van der Waals surface area contributed by atoms with E-state index in [1.54, 1.807) is 24.3 Å². The number of benzene rings is 9. The normalized spacial score (nSPS) is 13.6. The molecule has 0 saturated carbocycles. The number of rotatable bonds is 4. The first-order valence-corrected chi connectivity index (χ1v) is 23.5. The van der Waals surface area contributed by atoms with E-state index in [1.807, 2.05) is 24.3 Å². The standard InChI is InChI=1S/C64H40N6/c1-63(2)51-17-9-5-13-41(51)45-29-47-43-15-7-11-19-55(43)69(57(47)31-53(45)63)61-59(39-25-21-37(33-65)22-26-39)49(35-67)50(36-68)60(40-27-23-38(34-66)24-28-40)62(61)70-56-20-12-8-16-44(56)48-30-46-42-14-6-10-18-52(42)64(3,4)54(46)32-58(48)70/h5-32H,1-4H3. The highest BCUT2D eigenvalue weighted by atomic mass is 15.1. The monoisotopic (exact) mass is 892 g/mol. The molecule has 2 aliphatic carbocycles. The third kappa shape index (κ3) is 5.34. The van der Waals surface area contributed by atoms with Crippen molar-refractivity contribution >= 4 is 43.6 Å². The molecule has 0 amide bonds. The summed E-state index contributed by atoms with van der Waals surface area (Å²) in [7, 11) is 0. The predicted molar refractivity (Wildman–Crippen MR) is 280 cm³/mol. The van der Waals surface area contributed by atoms with Crippen LogP contribution in [0.3, 0.4) is 0 Å². The van der Waals surface area contributed by atoms with Crippen LogP contribution in [0.2, 0.25) is 0 Å². The number of nitrogens with zero attached hydrogens (tertiary/aromatic N) is 6. The molecule has 2 aliphatic rings. The number of nitriles is 4. The highest BCUT2D eigenvalue weighted by molar-refractivity contribution is 6.16. The van der Waals surface area contributed by atoms with Gasteiger partial charge in [0.2, 0.25) is 0 Å². The van der Waals surface area contributed by atoms with Gasteiger partial charge in [-0.25, -0.2) is 0 Å². The molecule has 2 heterocycles. The SMILES string of the molecule is CC1(C)c2ccccc2-c2cc3c4ccccc4n(-c4c(-c5ccc(C#N)cc5)c(C#N)c(C#N)c(-c5ccc(C#N)cc5)c4-n4c5ccccc5c5cc6c(cc54)C(C)(C)c4ccccc4-6)c3cc21. The number of hydrogen-bond donors (Lipinski definition) is 0. The molecule has 0 radical (unpaired) electrons. The van der Waals surface area contributed by atoms with Crippen LogP contribution in [-0.4, -0.2) is 9.13 Å². The number of fused-ring (bicyclic) bond motifs is 12. The lowest BCUT2D eigenvalue weighted by Crippen LogP contribution is -2.16. The van der Waals surface area contributed by atoms with Crippen molar-refractivity contribution in [1.82, 2.24) is 9.13 Å². The van der Waals surface area contributed by atoms with Crippen molar-refractivity contribution in [2.24, 2.45) is 0 Å². The zero-order valence-corrected chi connectivity index (χ0v) is 38.8. The van der Waals surface area contributed by atoms with Crippen LogP contribution in [0.4, 0.5) is 0 Å². The summed E-state index contributed by atoms with van der Waals surface area (Å²) in [5.74, 6) is 0. The lowest BCUT2D eigenvalue weighted by molar-refractivity contribution is 0.660. The third-order valence-electron chi connectivity index (χ3n) is 15.5. The van der Waals surface area contributed by atoms with Crippen molar-refractivity contribution in [2.75, 3.05) is 0 Å². The fraction of sp³-hybridized carbons (Fsp3) is 0.0938. The summed E-state index contributed by atoms with van der Waals surface area (Å²) in [5, 5.41) is 47.7. The van der Waals surface area contributed by atoms with Gasteiger partial charge in [-0.15, -0.1) is 0 Å². The van der Waals surface area contributed by atoms with Gasteiger partial charge in [0.15, 0.2) is 0 Å². The summed E-state index contributed by atoms with van der Waals surface area (Å²) >= 11 is 0. The van der Waals surface area contributed by atoms with Gasteiger partial charge in [-0.1, -0.05) is 137 Å². The second-order valence-corrected chi connectivity index (χ2v) is 19.7. The van der Waals surface area contributed by atoms with E-state index in [4.69, 9.17) is 0 Å². The Kier molecular flexibility index (Phi) is 8.46. The summed E-state index contributed by atoms with van der Waals surface area (Å²) in [6.45, 7) is 9.16. The number of aromatic nitrogens is 2. The highest BCUT2D eigenvalue weighted by Crippen LogP contribution is 2.55. The average molecular weight is 893 g/mol. The molecule has 0 saturated heterocycles. The smallest absolute Gasteiger partial charge is 0.101 e. The molecule has 0 spiro atoms. The van der Waals surface area contributed by atoms with E-state index in [2.05, 4.69) is 182 Å². The number of para-hydroxylation sites is 2. The van der Waals surface area contributed by atoms with Gasteiger partial charge in [-0.3, -0.25) is 0 Å². The Morgan fingerprint density at radius 3 is 1.10 bits per heavy atom. The van der Waals surface area contributed by atoms with E-state index in [0.717, 1.165) is 43.6 Å². The first-order valence-electron chi connectivity index (χ1n) is 23.5. The van der Waals surface area contributed by atoms with Crippen molar-refractivity contribution in [3.05, 3.63) is 214 Å². The van der Waals surface area contributed by atoms with Gasteiger partial charge in [-0.05, 0) is 116 Å². The van der Waals surface area contributed by atoms with E-state index in [1.165, 1.54) is 44.5 Å². The van der Waals surface area contributed by atoms with Crippen LogP contribution in [0.25, 0.3) is 99.5 Å². The van der Waals surface area contributed by atoms with Crippen LogP contribution in [0.1, 0.15) is 72.2 Å². The Morgan fingerprint density at radius 2 is 0.714 bits per heavy atom. The Labute approximate surface area is 405 Å². The molecule has 0 unspecified atom stereocenters. The summed E-state index contributed by atoms with van der Waals surface area (Å²) in [4.78, 5) is 0. The zero-order chi connectivity index (χ0) is 47.8. The predicted octanol–water partition coefficient (Wildman–Crippen LogP) is 15.3. The summed E-state index contributed by atoms with van der Waals surface area (Å²) in [5.41, 5.74) is 18.2. The Balaban J connectivity index is 1.30. The van der Waals surface area contributed by atoms with Crippen LogP contribution >= 0.6 is 0 Å². The minimum atomic E-state index is -0.325. The van der Waals surface area contributed by atoms with Gasteiger partial charge in [0, 0.05) is 43.5 Å². The van der Waals surface area contributed by atoms with Crippen molar-refractivity contribution in [2.45, 2.75) is 38.5 Å². The maximum Gasteiger partial charge on any atom is 0.101 e. The summed E-state index contributed by atoms with van der Waals surface area (Å²) in [6, 6.07) is 68.1. The second-order valence-electron chi connectivity index (χ2n) is 19.7. The first kappa shape index (κ1) is 40.8. The maximum absolute atomic E-state index is 11.7. The van der Waals surface area contributed by atoms with E-state index in [0.29, 0.717) is 44.8 Å². The fourth-order valence-corrected chi connectivity index (χ4v) is 12.2. The molecule has 13 rings (SSSR count). The molecule has 0 N–H and O–H groups in total. The molecule has 0 aliphatic heterocycles. The van der Waals surface area contributed by atoms with Crippen molar-refractivity contribution in [3.8, 4) is 80.2 Å². The Bertz CT molecular complexity index is 4040. The molecule has 326 valence electrons. The first-order chi connectivity index (χ1) is 34.1. The largest absolute Gasteiger partial charge is 0.306 e. The highest BCUT2D eigenvalue weighted by Gasteiger charge is 2.39. The Hall–Kier alpha value is -9.46. The lowest BCUT2D eigenvalue weighted by Gasteiger charge is -2.27. The molecule has 0 bridgehead atoms. The molecular weight excluding hydrogens is 853 g/mol. The van der Waals surface area contributed by atoms with Gasteiger partial charge >= 0.3 is 0 Å². The van der Waals surface area contributed by atoms with Gasteiger partial charge in [0.05, 0.1) is 67.8 Å². The number of hydrogen-bond acceptors (Lipinski definition) is 4. The molecule has 11 aromatic rings. The molecule has 0 fully saturated rings. The van der Waals surface area contributed by atoms with Gasteiger partial charge in [0.25, 0.3) is 0 Å². The van der Waals surface area contributed by atoms with E-state index in [9.17, 15) is 21.0 Å². The zero-order valence-electron chi connectivity index (χ0n) is 38.8. The second kappa shape index (κ2) is 14.5. The molecule has 2 aromatic heterocycles. The van der Waals surface area contributed by atoms with E-state index < -0.39 is 0 Å². The van der Waals surface area contributed by atoms with Crippen LogP contribution in [0.15, 0.2) is 170 Å². The minimum Gasteiger partial charge on any atom is -0.306 e. The average Bonchev–Trinajstić information content (AvgIpc) is 4.04. The molecule has 70 heavy (non-hydrogen) atoms. The van der Waals surface area contributed by atoms with Crippen LogP contribution in [0, 0.1) is 45.3 Å². The van der Waals surface area contributed by atoms with Gasteiger partial charge < -0.3 is 9.13 Å². The topological polar surface area (TPSA) is 105 Å². The van der Waals surface area contributed by atoms with Crippen LogP contribution in [-0.2, 0) is 10.8 Å². The minimum absolute atomic E-state index is 0.211. The van der Waals surface area contributed by atoms with Crippen molar-refractivity contribution < 1.29 is 0 Å². The van der Waals surface area contributed by atoms with E-state index in [-0.39, 0.29) is 22.0 Å². The van der Waals surface area contributed by atoms with E-state index >= 15 is 0 Å². The molecule has 9 aromatic carbocycles. The lowest BCUT2D eigenvalue weighted by atomic mass is 9.82. The van der Waals surface area contributed by atoms with Gasteiger partial charge in [0.1, 0.15) is 12.1 Å². The van der Waals surface area contributed by atoms with Crippen molar-refractivity contribution in [3.63, 3.8) is 0 Å². The fourth-order valence-electron chi connectivity index (χ4n) is 12.2. The molecule has 6 nitrogen and oxygen atoms in total. The summed E-state index contributed by atoms with van der Waals surface area (Å²) in [6.07, 6.45) is 0. The van der Waals surface area contributed by atoms with Crippen LogP contribution < -0.4 is 0 Å². The molecule has 6 heteroatoms. The quantitative estimate of drug-likeness (QED) is 0.175. The third-order valence-corrected chi connectivity index (χ3v) is 15.5. The Morgan fingerprint density at radius 1 is 0.343 bits per heavy atom. The van der Waals surface area contributed by atoms with Crippen LogP contribution in [0.5, 0.6) is 0 Å². The summed E-state index contributed by atoms with van der Waals surface area (Å²) < 4.78 is 4.66. The van der Waals surface area contributed by atoms with Gasteiger partial charge in [-0.2, -0.15) is 21.0 Å². The maximum atomic E-state index is 11.7.